The number of amides is 1. The standard InChI is InChI=1S/C25H22Cl2N4O3S2/c1-3-31-22(17-11-10-16(26)12-19(17)27)29-30-25(31)36-14-20(32)28-23-21(24(33)34-4-2)18(13-35-23)15-8-6-5-7-9-15/h5-13H,3-4,14H2,1-2H3,(H,28,32). The summed E-state index contributed by atoms with van der Waals surface area (Å²) in [6, 6.07) is 14.7. The first-order valence-electron chi connectivity index (χ1n) is 11.1. The number of thiophene rings is 1. The Kier molecular flexibility index (Phi) is 8.68. The average molecular weight is 562 g/mol. The van der Waals surface area contributed by atoms with Crippen LogP contribution < -0.4 is 5.32 Å². The van der Waals surface area contributed by atoms with Crippen molar-refractivity contribution < 1.29 is 14.3 Å². The van der Waals surface area contributed by atoms with Gasteiger partial charge in [0.1, 0.15) is 10.6 Å². The molecule has 0 fully saturated rings. The number of benzene rings is 2. The lowest BCUT2D eigenvalue weighted by Gasteiger charge is -2.10. The van der Waals surface area contributed by atoms with Gasteiger partial charge >= 0.3 is 5.97 Å². The van der Waals surface area contributed by atoms with E-state index in [1.54, 1.807) is 25.1 Å². The third-order valence-electron chi connectivity index (χ3n) is 5.15. The summed E-state index contributed by atoms with van der Waals surface area (Å²) in [5.74, 6) is -0.0789. The van der Waals surface area contributed by atoms with Gasteiger partial charge in [-0.3, -0.25) is 4.79 Å². The Bertz CT molecular complexity index is 1390. The van der Waals surface area contributed by atoms with Crippen molar-refractivity contribution in [2.45, 2.75) is 25.5 Å². The topological polar surface area (TPSA) is 86.1 Å². The fourth-order valence-corrected chi connectivity index (χ4v) is 5.80. The summed E-state index contributed by atoms with van der Waals surface area (Å²) in [6.07, 6.45) is 0. The van der Waals surface area contributed by atoms with Gasteiger partial charge in [0.05, 0.1) is 17.4 Å². The molecule has 2 aromatic heterocycles. The van der Waals surface area contributed by atoms with Crippen LogP contribution in [0.5, 0.6) is 0 Å². The van der Waals surface area contributed by atoms with Gasteiger partial charge in [0, 0.05) is 28.1 Å². The fraction of sp³-hybridized carbons (Fsp3) is 0.200. The third-order valence-corrected chi connectivity index (χ3v) is 7.56. The number of carbonyl (C=O) groups is 2. The zero-order chi connectivity index (χ0) is 25.7. The molecule has 1 amide bonds. The van der Waals surface area contributed by atoms with Crippen molar-refractivity contribution in [3.8, 4) is 22.5 Å². The van der Waals surface area contributed by atoms with E-state index in [0.29, 0.717) is 43.7 Å². The number of anilines is 1. The summed E-state index contributed by atoms with van der Waals surface area (Å²) in [5.41, 5.74) is 2.65. The van der Waals surface area contributed by atoms with E-state index in [9.17, 15) is 9.59 Å². The molecule has 0 bridgehead atoms. The van der Waals surface area contributed by atoms with Gasteiger partial charge in [-0.25, -0.2) is 4.79 Å². The number of ether oxygens (including phenoxy) is 1. The summed E-state index contributed by atoms with van der Waals surface area (Å²) >= 11 is 14.9. The normalized spacial score (nSPS) is 10.9. The van der Waals surface area contributed by atoms with Gasteiger partial charge in [-0.15, -0.1) is 21.5 Å². The molecule has 0 spiro atoms. The summed E-state index contributed by atoms with van der Waals surface area (Å²) in [6.45, 7) is 4.53. The van der Waals surface area contributed by atoms with Gasteiger partial charge in [0.25, 0.3) is 0 Å². The molecule has 0 unspecified atom stereocenters. The zero-order valence-corrected chi connectivity index (χ0v) is 22.6. The van der Waals surface area contributed by atoms with Gasteiger partial charge in [0.2, 0.25) is 5.91 Å². The lowest BCUT2D eigenvalue weighted by molar-refractivity contribution is -0.113. The van der Waals surface area contributed by atoms with Crippen LogP contribution >= 0.6 is 46.3 Å². The van der Waals surface area contributed by atoms with E-state index in [4.69, 9.17) is 27.9 Å². The van der Waals surface area contributed by atoms with Crippen LogP contribution in [0.4, 0.5) is 5.00 Å². The summed E-state index contributed by atoms with van der Waals surface area (Å²) in [5, 5.41) is 15.3. The molecule has 0 radical (unpaired) electrons. The largest absolute Gasteiger partial charge is 0.462 e. The maximum Gasteiger partial charge on any atom is 0.341 e. The number of rotatable bonds is 9. The van der Waals surface area contributed by atoms with Crippen molar-refractivity contribution in [2.24, 2.45) is 0 Å². The monoisotopic (exact) mass is 560 g/mol. The summed E-state index contributed by atoms with van der Waals surface area (Å²) in [4.78, 5) is 25.6. The van der Waals surface area contributed by atoms with Crippen LogP contribution in [0, 0.1) is 0 Å². The second kappa shape index (κ2) is 11.9. The lowest BCUT2D eigenvalue weighted by Crippen LogP contribution is -2.16. The van der Waals surface area contributed by atoms with E-state index in [1.807, 2.05) is 47.2 Å². The first-order valence-corrected chi connectivity index (χ1v) is 13.7. The highest BCUT2D eigenvalue weighted by Crippen LogP contribution is 2.36. The molecule has 0 saturated heterocycles. The average Bonchev–Trinajstić information content (AvgIpc) is 3.47. The SMILES string of the molecule is CCOC(=O)c1c(-c2ccccc2)csc1NC(=O)CSc1nnc(-c2ccc(Cl)cc2Cl)n1CC. The Balaban J connectivity index is 1.52. The second-order valence-corrected chi connectivity index (χ2v) is 10.1. The maximum atomic E-state index is 12.9. The fourth-order valence-electron chi connectivity index (χ4n) is 3.53. The van der Waals surface area contributed by atoms with Crippen LogP contribution in [0.1, 0.15) is 24.2 Å². The van der Waals surface area contributed by atoms with Crippen LogP contribution in [-0.2, 0) is 16.1 Å². The van der Waals surface area contributed by atoms with E-state index in [-0.39, 0.29) is 18.3 Å². The first kappa shape index (κ1) is 26.2. The van der Waals surface area contributed by atoms with E-state index < -0.39 is 5.97 Å². The van der Waals surface area contributed by atoms with Crippen molar-refractivity contribution in [1.29, 1.82) is 0 Å². The van der Waals surface area contributed by atoms with Crippen molar-refractivity contribution in [3.63, 3.8) is 0 Å². The third kappa shape index (κ3) is 5.75. The minimum absolute atomic E-state index is 0.0767. The number of hydrogen-bond acceptors (Lipinski definition) is 7. The van der Waals surface area contributed by atoms with Gasteiger partial charge < -0.3 is 14.6 Å². The molecule has 0 aliphatic rings. The molecule has 11 heteroatoms. The first-order chi connectivity index (χ1) is 17.4. The number of hydrogen-bond donors (Lipinski definition) is 1. The molecule has 7 nitrogen and oxygen atoms in total. The number of nitrogens with one attached hydrogen (secondary N) is 1. The number of esters is 1. The predicted octanol–water partition coefficient (Wildman–Crippen LogP) is 6.91. The van der Waals surface area contributed by atoms with E-state index in [1.165, 1.54) is 23.1 Å². The van der Waals surface area contributed by atoms with Crippen molar-refractivity contribution in [3.05, 3.63) is 69.5 Å². The molecular weight excluding hydrogens is 539 g/mol. The quantitative estimate of drug-likeness (QED) is 0.177. The molecule has 2 aromatic carbocycles. The smallest absolute Gasteiger partial charge is 0.341 e. The maximum absolute atomic E-state index is 12.9. The van der Waals surface area contributed by atoms with E-state index >= 15 is 0 Å². The van der Waals surface area contributed by atoms with Crippen LogP contribution in [0.2, 0.25) is 10.0 Å². The van der Waals surface area contributed by atoms with Crippen LogP contribution in [0.25, 0.3) is 22.5 Å². The molecule has 0 aliphatic heterocycles. The van der Waals surface area contributed by atoms with Crippen molar-refractivity contribution in [2.75, 3.05) is 17.7 Å². The van der Waals surface area contributed by atoms with Gasteiger partial charge in [-0.1, -0.05) is 65.3 Å². The van der Waals surface area contributed by atoms with E-state index in [0.717, 1.165) is 11.1 Å². The summed E-state index contributed by atoms with van der Waals surface area (Å²) in [7, 11) is 0. The highest BCUT2D eigenvalue weighted by Gasteiger charge is 2.23. The molecule has 2 heterocycles. The molecule has 4 rings (SSSR count). The lowest BCUT2D eigenvalue weighted by atomic mass is 10.0. The number of thioether (sulfide) groups is 1. The molecule has 36 heavy (non-hydrogen) atoms. The van der Waals surface area contributed by atoms with Gasteiger partial charge in [0.15, 0.2) is 11.0 Å². The number of nitrogens with zero attached hydrogens (tertiary/aromatic N) is 3. The highest BCUT2D eigenvalue weighted by atomic mass is 35.5. The molecule has 0 saturated carbocycles. The Morgan fingerprint density at radius 1 is 1.08 bits per heavy atom. The zero-order valence-electron chi connectivity index (χ0n) is 19.5. The van der Waals surface area contributed by atoms with Crippen molar-refractivity contribution in [1.82, 2.24) is 14.8 Å². The molecular formula is C25H22Cl2N4O3S2. The Labute approximate surface area is 226 Å². The molecule has 0 aliphatic carbocycles. The molecule has 0 atom stereocenters. The molecule has 186 valence electrons. The van der Waals surface area contributed by atoms with Crippen molar-refractivity contribution >= 4 is 63.2 Å². The number of carbonyl (C=O) groups excluding carboxylic acids is 2. The minimum Gasteiger partial charge on any atom is -0.462 e. The summed E-state index contributed by atoms with van der Waals surface area (Å²) < 4.78 is 7.15. The second-order valence-electron chi connectivity index (χ2n) is 7.45. The van der Waals surface area contributed by atoms with Crippen LogP contribution in [-0.4, -0.2) is 39.0 Å². The number of aromatic nitrogens is 3. The number of halogens is 2. The molecule has 4 aromatic rings. The Morgan fingerprint density at radius 3 is 2.56 bits per heavy atom. The van der Waals surface area contributed by atoms with Gasteiger partial charge in [-0.05, 0) is 37.6 Å². The van der Waals surface area contributed by atoms with Crippen LogP contribution in [0.15, 0.2) is 59.1 Å². The predicted molar refractivity (Wildman–Crippen MR) is 146 cm³/mol. The Hall–Kier alpha value is -2.85. The minimum atomic E-state index is -0.476. The highest BCUT2D eigenvalue weighted by molar-refractivity contribution is 7.99. The van der Waals surface area contributed by atoms with E-state index in [2.05, 4.69) is 15.5 Å². The molecule has 1 N–H and O–H groups in total. The Morgan fingerprint density at radius 2 is 1.86 bits per heavy atom. The van der Waals surface area contributed by atoms with Gasteiger partial charge in [-0.2, -0.15) is 0 Å². The van der Waals surface area contributed by atoms with Crippen LogP contribution in [0.3, 0.4) is 0 Å².